The number of thiophene rings is 1. The zero-order chi connectivity index (χ0) is 12.7. The van der Waals surface area contributed by atoms with Crippen LogP contribution in [0.5, 0.6) is 0 Å². The van der Waals surface area contributed by atoms with Crippen molar-refractivity contribution in [3.8, 4) is 0 Å². The molecule has 0 aliphatic heterocycles. The van der Waals surface area contributed by atoms with Gasteiger partial charge in [0.05, 0.1) is 21.8 Å². The lowest BCUT2D eigenvalue weighted by Gasteiger charge is -2.13. The highest BCUT2D eigenvalue weighted by Crippen LogP contribution is 2.41. The monoisotopic (exact) mass is 281 g/mol. The van der Waals surface area contributed by atoms with Gasteiger partial charge < -0.3 is 5.32 Å². The molecular formula is C13H16ClN3S. The number of nitrogens with zero attached hydrogens (tertiary/aromatic N) is 2. The molecule has 0 saturated carbocycles. The average Bonchev–Trinajstić information content (AvgIpc) is 2.96. The first-order valence-electron chi connectivity index (χ1n) is 6.24. The summed E-state index contributed by atoms with van der Waals surface area (Å²) in [5.41, 5.74) is 3.66. The van der Waals surface area contributed by atoms with E-state index in [2.05, 4.69) is 29.6 Å². The van der Waals surface area contributed by atoms with E-state index in [0.717, 1.165) is 35.0 Å². The van der Waals surface area contributed by atoms with Crippen LogP contribution in [-0.2, 0) is 19.9 Å². The van der Waals surface area contributed by atoms with Crippen molar-refractivity contribution in [1.29, 1.82) is 0 Å². The number of anilines is 1. The first-order valence-corrected chi connectivity index (χ1v) is 7.44. The van der Waals surface area contributed by atoms with Crippen molar-refractivity contribution < 1.29 is 0 Å². The summed E-state index contributed by atoms with van der Waals surface area (Å²) in [4.78, 5) is 1.43. The van der Waals surface area contributed by atoms with E-state index in [1.807, 2.05) is 11.7 Å². The molecule has 3 nitrogen and oxygen atoms in total. The van der Waals surface area contributed by atoms with Crippen molar-refractivity contribution in [1.82, 2.24) is 9.78 Å². The molecule has 18 heavy (non-hydrogen) atoms. The van der Waals surface area contributed by atoms with Crippen molar-refractivity contribution in [2.45, 2.75) is 32.2 Å². The lowest BCUT2D eigenvalue weighted by Crippen LogP contribution is -2.07. The molecule has 1 N–H and O–H groups in total. The van der Waals surface area contributed by atoms with Crippen LogP contribution in [0.4, 0.5) is 5.69 Å². The summed E-state index contributed by atoms with van der Waals surface area (Å²) in [7, 11) is 1.96. The van der Waals surface area contributed by atoms with Gasteiger partial charge in [-0.25, -0.2) is 0 Å². The number of nitrogens with one attached hydrogen (secondary N) is 1. The minimum atomic E-state index is 0.387. The first kappa shape index (κ1) is 12.1. The molecule has 2 aromatic heterocycles. The van der Waals surface area contributed by atoms with Crippen LogP contribution in [0, 0.1) is 0 Å². The van der Waals surface area contributed by atoms with E-state index < -0.39 is 0 Å². The highest BCUT2D eigenvalue weighted by atomic mass is 35.5. The van der Waals surface area contributed by atoms with E-state index in [-0.39, 0.29) is 0 Å². The fraction of sp³-hybridized carbons (Fsp3) is 0.462. The molecule has 1 atom stereocenters. The molecule has 1 unspecified atom stereocenters. The summed E-state index contributed by atoms with van der Waals surface area (Å²) >= 11 is 7.79. The zero-order valence-electron chi connectivity index (χ0n) is 10.5. The summed E-state index contributed by atoms with van der Waals surface area (Å²) in [6, 6.07) is 2.49. The van der Waals surface area contributed by atoms with Gasteiger partial charge in [-0.1, -0.05) is 18.5 Å². The third-order valence-electron chi connectivity index (χ3n) is 3.42. The molecule has 0 bridgehead atoms. The Hall–Kier alpha value is -1.00. The fourth-order valence-corrected chi connectivity index (χ4v) is 3.94. The van der Waals surface area contributed by atoms with Crippen LogP contribution >= 0.6 is 22.9 Å². The number of halogens is 1. The van der Waals surface area contributed by atoms with Crippen LogP contribution in [0.25, 0.3) is 0 Å². The average molecular weight is 282 g/mol. The maximum atomic E-state index is 6.08. The standard InChI is InChI=1S/C13H16ClN3S/c1-3-9-11(7-17(2)16-9)15-10-4-5-12-8(10)6-13(14)18-12/h6-7,10,15H,3-5H2,1-2H3. The Morgan fingerprint density at radius 1 is 1.61 bits per heavy atom. The minimum Gasteiger partial charge on any atom is -0.375 e. The quantitative estimate of drug-likeness (QED) is 0.927. The second-order valence-corrected chi connectivity index (χ2v) is 6.45. The van der Waals surface area contributed by atoms with Gasteiger partial charge in [0.1, 0.15) is 0 Å². The van der Waals surface area contributed by atoms with Gasteiger partial charge in [0.25, 0.3) is 0 Å². The molecule has 0 radical (unpaired) electrons. The molecule has 0 aromatic carbocycles. The van der Waals surface area contributed by atoms with Crippen LogP contribution in [0.2, 0.25) is 4.34 Å². The van der Waals surface area contributed by atoms with Gasteiger partial charge in [0, 0.05) is 18.1 Å². The lowest BCUT2D eigenvalue weighted by atomic mass is 10.1. The van der Waals surface area contributed by atoms with Gasteiger partial charge >= 0.3 is 0 Å². The van der Waals surface area contributed by atoms with E-state index in [9.17, 15) is 0 Å². The normalized spacial score (nSPS) is 18.1. The predicted molar refractivity (Wildman–Crippen MR) is 76.6 cm³/mol. The summed E-state index contributed by atoms with van der Waals surface area (Å²) in [6.45, 7) is 2.13. The van der Waals surface area contributed by atoms with Gasteiger partial charge in [-0.3, -0.25) is 4.68 Å². The lowest BCUT2D eigenvalue weighted by molar-refractivity contribution is 0.746. The SMILES string of the molecule is CCc1nn(C)cc1NC1CCc2sc(Cl)cc21. The molecule has 0 saturated heterocycles. The topological polar surface area (TPSA) is 29.9 Å². The van der Waals surface area contributed by atoms with Crippen LogP contribution in [0.15, 0.2) is 12.3 Å². The van der Waals surface area contributed by atoms with Crippen LogP contribution in [0.3, 0.4) is 0 Å². The minimum absolute atomic E-state index is 0.387. The van der Waals surface area contributed by atoms with Crippen molar-refractivity contribution in [3.05, 3.63) is 32.7 Å². The molecule has 1 aliphatic rings. The summed E-state index contributed by atoms with van der Waals surface area (Å²) < 4.78 is 2.77. The number of fused-ring (bicyclic) bond motifs is 1. The highest BCUT2D eigenvalue weighted by Gasteiger charge is 2.25. The molecule has 96 valence electrons. The Balaban J connectivity index is 1.85. The smallest absolute Gasteiger partial charge is 0.0934 e. The van der Waals surface area contributed by atoms with Crippen LogP contribution in [0.1, 0.15) is 35.5 Å². The Labute approximate surface area is 116 Å². The molecular weight excluding hydrogens is 266 g/mol. The molecule has 0 spiro atoms. The molecule has 0 amide bonds. The largest absolute Gasteiger partial charge is 0.375 e. The van der Waals surface area contributed by atoms with Crippen LogP contribution in [-0.4, -0.2) is 9.78 Å². The van der Waals surface area contributed by atoms with E-state index >= 15 is 0 Å². The highest BCUT2D eigenvalue weighted by molar-refractivity contribution is 7.16. The van der Waals surface area contributed by atoms with Gasteiger partial charge in [-0.2, -0.15) is 5.10 Å². The van der Waals surface area contributed by atoms with Gasteiger partial charge in [-0.15, -0.1) is 11.3 Å². The van der Waals surface area contributed by atoms with Crippen molar-refractivity contribution in [2.24, 2.45) is 7.05 Å². The second-order valence-electron chi connectivity index (χ2n) is 4.68. The van der Waals surface area contributed by atoms with Crippen molar-refractivity contribution in [2.75, 3.05) is 5.32 Å². The van der Waals surface area contributed by atoms with Crippen molar-refractivity contribution in [3.63, 3.8) is 0 Å². The molecule has 5 heteroatoms. The number of aryl methyl sites for hydroxylation is 3. The fourth-order valence-electron chi connectivity index (χ4n) is 2.58. The summed E-state index contributed by atoms with van der Waals surface area (Å²) in [5, 5.41) is 8.08. The molecule has 2 aromatic rings. The van der Waals surface area contributed by atoms with Crippen LogP contribution < -0.4 is 5.32 Å². The van der Waals surface area contributed by atoms with E-state index in [1.165, 1.54) is 10.4 Å². The van der Waals surface area contributed by atoms with E-state index in [4.69, 9.17) is 11.6 Å². The van der Waals surface area contributed by atoms with Gasteiger partial charge in [-0.05, 0) is 30.9 Å². The summed E-state index contributed by atoms with van der Waals surface area (Å²) in [5.74, 6) is 0. The predicted octanol–water partition coefficient (Wildman–Crippen LogP) is 3.80. The number of hydrogen-bond acceptors (Lipinski definition) is 3. The van der Waals surface area contributed by atoms with Gasteiger partial charge in [0.15, 0.2) is 0 Å². The number of hydrogen-bond donors (Lipinski definition) is 1. The maximum absolute atomic E-state index is 6.08. The zero-order valence-corrected chi connectivity index (χ0v) is 12.1. The Morgan fingerprint density at radius 3 is 3.22 bits per heavy atom. The Kier molecular flexibility index (Phi) is 3.08. The third kappa shape index (κ3) is 2.04. The Morgan fingerprint density at radius 2 is 2.44 bits per heavy atom. The van der Waals surface area contributed by atoms with E-state index in [0.29, 0.717) is 6.04 Å². The third-order valence-corrected chi connectivity index (χ3v) is 4.76. The maximum Gasteiger partial charge on any atom is 0.0934 e. The molecule has 3 rings (SSSR count). The molecule has 1 aliphatic carbocycles. The summed E-state index contributed by atoms with van der Waals surface area (Å²) in [6.07, 6.45) is 5.29. The van der Waals surface area contributed by atoms with Gasteiger partial charge in [0.2, 0.25) is 0 Å². The van der Waals surface area contributed by atoms with Crippen molar-refractivity contribution >= 4 is 28.6 Å². The second kappa shape index (κ2) is 4.59. The number of aromatic nitrogens is 2. The molecule has 2 heterocycles. The van der Waals surface area contributed by atoms with E-state index in [1.54, 1.807) is 11.3 Å². The Bertz CT molecular complexity index is 573. The number of rotatable bonds is 3. The first-order chi connectivity index (χ1) is 8.67. The molecule has 0 fully saturated rings.